The second-order valence-corrected chi connectivity index (χ2v) is 5.28. The smallest absolute Gasteiger partial charge is 0.227 e. The molecular formula is C20H18O3S. The number of ketones is 1. The normalized spacial score (nSPS) is 11.9. The Morgan fingerprint density at radius 2 is 1.54 bits per heavy atom. The summed E-state index contributed by atoms with van der Waals surface area (Å²) in [7, 11) is 0. The minimum atomic E-state index is -0.443. The Morgan fingerprint density at radius 1 is 1.00 bits per heavy atom. The molecule has 0 heterocycles. The van der Waals surface area contributed by atoms with Crippen LogP contribution in [-0.4, -0.2) is 22.5 Å². The van der Waals surface area contributed by atoms with Gasteiger partial charge in [-0.05, 0) is 36.9 Å². The van der Waals surface area contributed by atoms with Crippen molar-refractivity contribution in [3.63, 3.8) is 0 Å². The van der Waals surface area contributed by atoms with E-state index >= 15 is 0 Å². The van der Waals surface area contributed by atoms with Crippen molar-refractivity contribution in [3.8, 4) is 0 Å². The van der Waals surface area contributed by atoms with E-state index in [9.17, 15) is 9.90 Å². The summed E-state index contributed by atoms with van der Waals surface area (Å²) in [6.45, 7) is 2.29. The minimum absolute atomic E-state index is 0.319. The van der Waals surface area contributed by atoms with Gasteiger partial charge in [0.05, 0.1) is 6.61 Å². The molecule has 0 bridgehead atoms. The number of carbonyl (C=O) groups excluding carboxylic acids is 1. The predicted octanol–water partition coefficient (Wildman–Crippen LogP) is 4.76. The Hall–Kier alpha value is -2.72. The van der Waals surface area contributed by atoms with Gasteiger partial charge >= 0.3 is 0 Å². The zero-order valence-electron chi connectivity index (χ0n) is 13.3. The number of thiocarbonyl (C=S) groups is 1. The zero-order chi connectivity index (χ0) is 17.4. The van der Waals surface area contributed by atoms with E-state index in [-0.39, 0.29) is 5.76 Å². The van der Waals surface area contributed by atoms with E-state index in [4.69, 9.17) is 17.0 Å². The van der Waals surface area contributed by atoms with Crippen LogP contribution in [0.15, 0.2) is 78.6 Å². The lowest BCUT2D eigenvalue weighted by molar-refractivity contribution is 0.0978. The van der Waals surface area contributed by atoms with Crippen LogP contribution in [0.5, 0.6) is 0 Å². The molecule has 24 heavy (non-hydrogen) atoms. The highest BCUT2D eigenvalue weighted by molar-refractivity contribution is 7.81. The first-order chi connectivity index (χ1) is 11.6. The van der Waals surface area contributed by atoms with Crippen molar-refractivity contribution in [2.45, 2.75) is 6.92 Å². The Bertz CT molecular complexity index is 762. The number of carbonyl (C=O) groups is 1. The number of hydrogen-bond acceptors (Lipinski definition) is 4. The van der Waals surface area contributed by atoms with Gasteiger partial charge in [0, 0.05) is 11.1 Å². The van der Waals surface area contributed by atoms with Crippen molar-refractivity contribution in [3.05, 3.63) is 89.7 Å². The van der Waals surface area contributed by atoms with Crippen LogP contribution >= 0.6 is 12.2 Å². The first kappa shape index (κ1) is 17.6. The molecule has 0 aliphatic heterocycles. The van der Waals surface area contributed by atoms with Crippen LogP contribution in [-0.2, 0) is 4.74 Å². The number of Topliss-reactive ketones (excluding diaryl/α,β-unsaturated/α-hetero) is 1. The van der Waals surface area contributed by atoms with Crippen LogP contribution in [0, 0.1) is 0 Å². The van der Waals surface area contributed by atoms with E-state index < -0.39 is 5.78 Å². The number of allylic oxidation sites excluding steroid dienone is 3. The molecule has 0 saturated carbocycles. The van der Waals surface area contributed by atoms with Crippen molar-refractivity contribution in [2.75, 3.05) is 6.61 Å². The van der Waals surface area contributed by atoms with Gasteiger partial charge in [-0.25, -0.2) is 0 Å². The van der Waals surface area contributed by atoms with Crippen LogP contribution in [0.3, 0.4) is 0 Å². The van der Waals surface area contributed by atoms with E-state index in [1.807, 2.05) is 43.3 Å². The van der Waals surface area contributed by atoms with Gasteiger partial charge in [-0.2, -0.15) is 0 Å². The number of benzene rings is 2. The topological polar surface area (TPSA) is 46.5 Å². The maximum absolute atomic E-state index is 12.2. The molecule has 2 rings (SSSR count). The molecule has 0 radical (unpaired) electrons. The molecule has 0 aliphatic carbocycles. The van der Waals surface area contributed by atoms with Crippen LogP contribution in [0.4, 0.5) is 0 Å². The van der Waals surface area contributed by atoms with E-state index in [0.717, 1.165) is 5.56 Å². The van der Waals surface area contributed by atoms with Gasteiger partial charge in [0.1, 0.15) is 0 Å². The maximum Gasteiger partial charge on any atom is 0.227 e. The fourth-order valence-electron chi connectivity index (χ4n) is 2.08. The lowest BCUT2D eigenvalue weighted by atomic mass is 10.0. The molecule has 0 saturated heterocycles. The summed E-state index contributed by atoms with van der Waals surface area (Å²) >= 11 is 5.28. The molecule has 0 atom stereocenters. The Kier molecular flexibility index (Phi) is 6.46. The number of aliphatic hydroxyl groups is 1. The molecule has 2 aromatic carbocycles. The van der Waals surface area contributed by atoms with Crippen LogP contribution < -0.4 is 0 Å². The fourth-order valence-corrected chi connectivity index (χ4v) is 2.39. The summed E-state index contributed by atoms with van der Waals surface area (Å²) in [4.78, 5) is 12.2. The quantitative estimate of drug-likeness (QED) is 0.271. The average Bonchev–Trinajstić information content (AvgIpc) is 2.63. The fraction of sp³-hybridized carbons (Fsp3) is 0.100. The predicted molar refractivity (Wildman–Crippen MR) is 100 cm³/mol. The van der Waals surface area contributed by atoms with E-state index in [0.29, 0.717) is 22.8 Å². The van der Waals surface area contributed by atoms with Crippen LogP contribution in [0.25, 0.3) is 5.57 Å². The second-order valence-electron chi connectivity index (χ2n) is 4.91. The van der Waals surface area contributed by atoms with Crippen LogP contribution in [0.2, 0.25) is 0 Å². The largest absolute Gasteiger partial charge is 0.504 e. The molecule has 0 amide bonds. The Labute approximate surface area is 146 Å². The molecule has 0 aromatic heterocycles. The number of hydrogen-bond donors (Lipinski definition) is 1. The van der Waals surface area contributed by atoms with Crippen molar-refractivity contribution in [2.24, 2.45) is 0 Å². The first-order valence-electron chi connectivity index (χ1n) is 7.56. The van der Waals surface area contributed by atoms with Gasteiger partial charge < -0.3 is 9.84 Å². The van der Waals surface area contributed by atoms with E-state index in [2.05, 4.69) is 0 Å². The zero-order valence-corrected chi connectivity index (χ0v) is 14.1. The molecule has 122 valence electrons. The molecule has 3 nitrogen and oxygen atoms in total. The monoisotopic (exact) mass is 338 g/mol. The van der Waals surface area contributed by atoms with Crippen molar-refractivity contribution in [1.29, 1.82) is 0 Å². The van der Waals surface area contributed by atoms with Crippen molar-refractivity contribution >= 4 is 28.6 Å². The van der Waals surface area contributed by atoms with Crippen LogP contribution in [0.1, 0.15) is 22.8 Å². The molecule has 0 spiro atoms. The molecular weight excluding hydrogens is 320 g/mol. The molecule has 1 N–H and O–H groups in total. The van der Waals surface area contributed by atoms with Gasteiger partial charge in [0.2, 0.25) is 5.78 Å². The SMILES string of the molecule is CCOC(=S)C(=CC=C(O)C(=O)c1ccccc1)c1ccccc1. The number of aliphatic hydroxyl groups excluding tert-OH is 1. The van der Waals surface area contributed by atoms with Gasteiger partial charge in [-0.1, -0.05) is 60.7 Å². The standard InChI is InChI=1S/C20H18O3S/c1-2-23-20(24)17(15-9-5-3-6-10-15)13-14-18(21)19(22)16-11-7-4-8-12-16/h3-14,21H,2H2,1H3. The molecule has 0 unspecified atom stereocenters. The van der Waals surface area contributed by atoms with Gasteiger partial charge in [0.15, 0.2) is 10.8 Å². The Balaban J connectivity index is 2.32. The van der Waals surface area contributed by atoms with Crippen molar-refractivity contribution in [1.82, 2.24) is 0 Å². The molecule has 0 fully saturated rings. The number of rotatable bonds is 6. The lowest BCUT2D eigenvalue weighted by Gasteiger charge is -2.09. The van der Waals surface area contributed by atoms with Gasteiger partial charge in [-0.3, -0.25) is 4.79 Å². The summed E-state index contributed by atoms with van der Waals surface area (Å²) in [6.07, 6.45) is 2.95. The Morgan fingerprint density at radius 3 is 2.08 bits per heavy atom. The first-order valence-corrected chi connectivity index (χ1v) is 7.97. The second kappa shape index (κ2) is 8.79. The summed E-state index contributed by atoms with van der Waals surface area (Å²) in [6, 6.07) is 18.1. The minimum Gasteiger partial charge on any atom is -0.504 e. The summed E-state index contributed by atoms with van der Waals surface area (Å²) in [5, 5.41) is 10.4. The molecule has 0 aliphatic rings. The molecule has 4 heteroatoms. The number of ether oxygens (including phenoxy) is 1. The lowest BCUT2D eigenvalue weighted by Crippen LogP contribution is -2.05. The third-order valence-corrected chi connectivity index (χ3v) is 3.59. The van der Waals surface area contributed by atoms with E-state index in [1.54, 1.807) is 30.3 Å². The highest BCUT2D eigenvalue weighted by atomic mass is 32.1. The summed E-state index contributed by atoms with van der Waals surface area (Å²) in [5.74, 6) is -0.796. The highest BCUT2D eigenvalue weighted by Crippen LogP contribution is 2.18. The van der Waals surface area contributed by atoms with Gasteiger partial charge in [-0.15, -0.1) is 0 Å². The third kappa shape index (κ3) is 4.64. The maximum atomic E-state index is 12.2. The molecule has 2 aromatic rings. The summed E-state index contributed by atoms with van der Waals surface area (Å²) in [5.41, 5.74) is 1.92. The average molecular weight is 338 g/mol. The third-order valence-electron chi connectivity index (χ3n) is 3.26. The van der Waals surface area contributed by atoms with E-state index in [1.165, 1.54) is 6.08 Å². The van der Waals surface area contributed by atoms with Crippen molar-refractivity contribution < 1.29 is 14.6 Å². The highest BCUT2D eigenvalue weighted by Gasteiger charge is 2.11. The van der Waals surface area contributed by atoms with Gasteiger partial charge in [0.25, 0.3) is 0 Å². The summed E-state index contributed by atoms with van der Waals surface area (Å²) < 4.78 is 5.40.